The van der Waals surface area contributed by atoms with Crippen molar-refractivity contribution in [3.05, 3.63) is 12.7 Å². The molecule has 4 rings (SSSR count). The van der Waals surface area contributed by atoms with Gasteiger partial charge in [-0.3, -0.25) is 4.57 Å². The molecule has 24 heavy (non-hydrogen) atoms. The highest BCUT2D eigenvalue weighted by Gasteiger charge is 2.69. The highest BCUT2D eigenvalue weighted by molar-refractivity contribution is 5.81. The van der Waals surface area contributed by atoms with Crippen LogP contribution in [0.2, 0.25) is 0 Å². The Bertz CT molecular complexity index is 832. The number of imidazole rings is 1. The Morgan fingerprint density at radius 3 is 3.04 bits per heavy atom. The van der Waals surface area contributed by atoms with Crippen LogP contribution in [0.4, 0.5) is 10.2 Å². The van der Waals surface area contributed by atoms with Crippen molar-refractivity contribution >= 4 is 17.0 Å². The minimum Gasteiger partial charge on any atom is -0.393 e. The number of fused-ring (bicyclic) bond motifs is 2. The fraction of sp³-hybridized carbons (Fsp3) is 0.500. The number of nitrogens with zero attached hydrogens (tertiary/aromatic N) is 4. The number of aliphatic hydroxyl groups excluding tert-OH is 1. The first-order chi connectivity index (χ1) is 11.6. The number of nitrogen functional groups attached to an aromatic ring is 1. The van der Waals surface area contributed by atoms with Gasteiger partial charge in [-0.25, -0.2) is 19.3 Å². The van der Waals surface area contributed by atoms with Gasteiger partial charge in [-0.05, 0) is 0 Å². The minimum absolute atomic E-state index is 0.139. The molecule has 0 aromatic carbocycles. The first kappa shape index (κ1) is 15.2. The first-order valence-electron chi connectivity index (χ1n) is 7.13. The molecule has 2 aliphatic rings. The van der Waals surface area contributed by atoms with Crippen LogP contribution < -0.4 is 5.73 Å². The van der Waals surface area contributed by atoms with E-state index in [2.05, 4.69) is 20.9 Å². The third-order valence-electron chi connectivity index (χ3n) is 4.47. The quantitative estimate of drug-likeness (QED) is 0.713. The fourth-order valence-corrected chi connectivity index (χ4v) is 3.27. The molecule has 0 spiro atoms. The lowest BCUT2D eigenvalue weighted by atomic mass is 9.87. The number of alkyl halides is 1. The number of anilines is 1. The van der Waals surface area contributed by atoms with Crippen LogP contribution >= 0.6 is 0 Å². The van der Waals surface area contributed by atoms with Crippen molar-refractivity contribution < 1.29 is 23.7 Å². The van der Waals surface area contributed by atoms with Crippen LogP contribution in [-0.4, -0.2) is 62.0 Å². The Morgan fingerprint density at radius 2 is 2.33 bits per heavy atom. The van der Waals surface area contributed by atoms with Crippen molar-refractivity contribution in [1.29, 1.82) is 0 Å². The molecular formula is C14H14FN5O4. The van der Waals surface area contributed by atoms with Crippen LogP contribution in [0.1, 0.15) is 6.23 Å². The van der Waals surface area contributed by atoms with E-state index in [0.29, 0.717) is 11.2 Å². The third-order valence-corrected chi connectivity index (χ3v) is 4.47. The molecule has 0 radical (unpaired) electrons. The van der Waals surface area contributed by atoms with Gasteiger partial charge >= 0.3 is 0 Å². The van der Waals surface area contributed by atoms with Gasteiger partial charge in [-0.1, -0.05) is 5.92 Å². The molecule has 9 nitrogen and oxygen atoms in total. The Hall–Kier alpha value is -2.32. The van der Waals surface area contributed by atoms with Gasteiger partial charge in [0.05, 0.1) is 12.9 Å². The predicted molar refractivity (Wildman–Crippen MR) is 78.0 cm³/mol. The van der Waals surface area contributed by atoms with E-state index in [-0.39, 0.29) is 12.6 Å². The van der Waals surface area contributed by atoms with E-state index in [1.165, 1.54) is 17.2 Å². The average Bonchev–Trinajstić information content (AvgIpc) is 3.27. The van der Waals surface area contributed by atoms with Crippen molar-refractivity contribution in [3.8, 4) is 12.3 Å². The molecular weight excluding hydrogens is 321 g/mol. The molecule has 3 N–H and O–H groups in total. The molecule has 2 aliphatic heterocycles. The molecule has 4 atom stereocenters. The number of rotatable bonds is 3. The van der Waals surface area contributed by atoms with Gasteiger partial charge in [0.1, 0.15) is 31.4 Å². The summed E-state index contributed by atoms with van der Waals surface area (Å²) in [6, 6.07) is 0. The fourth-order valence-electron chi connectivity index (χ4n) is 3.27. The smallest absolute Gasteiger partial charge is 0.205 e. The van der Waals surface area contributed by atoms with E-state index in [4.69, 9.17) is 26.4 Å². The lowest BCUT2D eigenvalue weighted by Gasteiger charge is -2.27. The Morgan fingerprint density at radius 1 is 1.50 bits per heavy atom. The molecule has 2 fully saturated rings. The van der Waals surface area contributed by atoms with Crippen LogP contribution in [-0.2, 0) is 14.2 Å². The summed E-state index contributed by atoms with van der Waals surface area (Å²) in [7, 11) is 0. The van der Waals surface area contributed by atoms with E-state index < -0.39 is 36.8 Å². The summed E-state index contributed by atoms with van der Waals surface area (Å²) in [6.07, 6.45) is 6.37. The van der Waals surface area contributed by atoms with Gasteiger partial charge in [-0.2, -0.15) is 0 Å². The number of aliphatic hydroxyl groups is 1. The van der Waals surface area contributed by atoms with Crippen LogP contribution in [0.25, 0.3) is 11.2 Å². The van der Waals surface area contributed by atoms with Crippen LogP contribution in [0, 0.1) is 12.3 Å². The van der Waals surface area contributed by atoms with Crippen molar-refractivity contribution in [1.82, 2.24) is 19.5 Å². The number of hydrogen-bond acceptors (Lipinski definition) is 8. The zero-order valence-electron chi connectivity index (χ0n) is 12.4. The second kappa shape index (κ2) is 5.09. The van der Waals surface area contributed by atoms with Crippen LogP contribution in [0.3, 0.4) is 0 Å². The Balaban J connectivity index is 1.90. The Labute approximate surface area is 135 Å². The van der Waals surface area contributed by atoms with E-state index in [1.807, 2.05) is 0 Å². The van der Waals surface area contributed by atoms with Gasteiger partial charge in [0.15, 0.2) is 23.3 Å². The van der Waals surface area contributed by atoms with Crippen LogP contribution in [0.15, 0.2) is 12.7 Å². The zero-order chi connectivity index (χ0) is 16.9. The molecule has 0 bridgehead atoms. The maximum Gasteiger partial charge on any atom is 0.205 e. The van der Waals surface area contributed by atoms with Gasteiger partial charge in [-0.15, -0.1) is 6.42 Å². The highest BCUT2D eigenvalue weighted by atomic mass is 19.1. The standard InChI is InChI=1S/C14H14FN5O4/c1-2-14-11(22-7-23-14)13(3-15,4-21)24-12(14)20-6-19-8-9(16)17-5-18-10(8)20/h1,5-6,11-12,21H,3-4,7H2,(H2,16,17,18)/t11-,12-,13-,14-/m1/s1. The van der Waals surface area contributed by atoms with E-state index in [1.54, 1.807) is 0 Å². The second-order valence-electron chi connectivity index (χ2n) is 5.66. The van der Waals surface area contributed by atoms with Crippen molar-refractivity contribution in [2.45, 2.75) is 23.5 Å². The monoisotopic (exact) mass is 335 g/mol. The van der Waals surface area contributed by atoms with Gasteiger partial charge in [0.2, 0.25) is 5.60 Å². The van der Waals surface area contributed by atoms with Crippen LogP contribution in [0.5, 0.6) is 0 Å². The first-order valence-corrected chi connectivity index (χ1v) is 7.13. The number of terminal acetylenes is 1. The molecule has 126 valence electrons. The number of ether oxygens (including phenoxy) is 3. The topological polar surface area (TPSA) is 118 Å². The molecule has 0 aliphatic carbocycles. The van der Waals surface area contributed by atoms with Crippen molar-refractivity contribution in [2.24, 2.45) is 0 Å². The molecule has 0 unspecified atom stereocenters. The second-order valence-corrected chi connectivity index (χ2v) is 5.66. The van der Waals surface area contributed by atoms with Crippen molar-refractivity contribution in [2.75, 3.05) is 25.8 Å². The molecule has 2 aromatic heterocycles. The summed E-state index contributed by atoms with van der Waals surface area (Å²) in [5.74, 6) is 2.69. The molecule has 0 amide bonds. The summed E-state index contributed by atoms with van der Waals surface area (Å²) in [4.78, 5) is 12.2. The number of hydrogen-bond donors (Lipinski definition) is 2. The maximum atomic E-state index is 13.7. The predicted octanol–water partition coefficient (Wildman–Crippen LogP) is -0.617. The minimum atomic E-state index is -1.64. The SMILES string of the molecule is C#C[C@@]12OCO[C@@H]1[C@](CO)(CF)O[C@H]2n1cnc2c(N)ncnc21. The summed E-state index contributed by atoms with van der Waals surface area (Å²) >= 11 is 0. The van der Waals surface area contributed by atoms with Crippen molar-refractivity contribution in [3.63, 3.8) is 0 Å². The normalized spacial score (nSPS) is 35.2. The van der Waals surface area contributed by atoms with E-state index in [0.717, 1.165) is 0 Å². The molecule has 0 saturated carbocycles. The van der Waals surface area contributed by atoms with Gasteiger partial charge < -0.3 is 25.1 Å². The number of nitrogens with two attached hydrogens (primary N) is 1. The summed E-state index contributed by atoms with van der Waals surface area (Å²) in [6.45, 7) is -1.76. The van der Waals surface area contributed by atoms with E-state index >= 15 is 0 Å². The van der Waals surface area contributed by atoms with Gasteiger partial charge in [0.25, 0.3) is 0 Å². The van der Waals surface area contributed by atoms with E-state index in [9.17, 15) is 9.50 Å². The summed E-state index contributed by atoms with van der Waals surface area (Å²) in [5, 5.41) is 9.71. The molecule has 2 aromatic rings. The lowest BCUT2D eigenvalue weighted by molar-refractivity contribution is -0.174. The number of aromatic nitrogens is 4. The number of halogens is 1. The van der Waals surface area contributed by atoms with Gasteiger partial charge in [0, 0.05) is 0 Å². The summed E-state index contributed by atoms with van der Waals surface area (Å²) in [5.41, 5.74) is 3.42. The zero-order valence-corrected chi connectivity index (χ0v) is 12.4. The lowest BCUT2D eigenvalue weighted by Crippen LogP contribution is -2.51. The average molecular weight is 335 g/mol. The summed E-state index contributed by atoms with van der Waals surface area (Å²) < 4.78 is 32.1. The maximum absolute atomic E-state index is 13.7. The Kier molecular flexibility index (Phi) is 3.23. The molecule has 4 heterocycles. The highest BCUT2D eigenvalue weighted by Crippen LogP contribution is 2.51. The third kappa shape index (κ3) is 1.69. The molecule has 10 heteroatoms. The molecule has 2 saturated heterocycles. The largest absolute Gasteiger partial charge is 0.393 e.